The minimum Gasteiger partial charge on any atom is -0.142 e. The quantitative estimate of drug-likeness (QED) is 0.308. The predicted molar refractivity (Wildman–Crippen MR) is 25.1 cm³/mol. The molecule has 0 spiro atoms. The maximum atomic E-state index is 4.96. The SMILES string of the molecule is C#C[C@@H]1CS1. The molecule has 0 bridgehead atoms. The third-order valence-corrected chi connectivity index (χ3v) is 1.32. The highest BCUT2D eigenvalue weighted by molar-refractivity contribution is 8.07. The summed E-state index contributed by atoms with van der Waals surface area (Å²) in [5, 5.41) is 0.579. The molecule has 5 heavy (non-hydrogen) atoms. The Balaban J connectivity index is 2.30. The van der Waals surface area contributed by atoms with E-state index in [1.54, 1.807) is 0 Å². The van der Waals surface area contributed by atoms with E-state index in [2.05, 4.69) is 5.92 Å². The summed E-state index contributed by atoms with van der Waals surface area (Å²) in [5.41, 5.74) is 0. The van der Waals surface area contributed by atoms with Gasteiger partial charge in [-0.25, -0.2) is 0 Å². The second-order valence-electron chi connectivity index (χ2n) is 0.989. The van der Waals surface area contributed by atoms with Crippen LogP contribution >= 0.6 is 11.8 Å². The summed E-state index contributed by atoms with van der Waals surface area (Å²) < 4.78 is 0. The van der Waals surface area contributed by atoms with Crippen LogP contribution in [0.15, 0.2) is 0 Å². The maximum absolute atomic E-state index is 4.96. The van der Waals surface area contributed by atoms with Gasteiger partial charge in [0.1, 0.15) is 0 Å². The molecule has 26 valence electrons. The molecule has 0 unspecified atom stereocenters. The van der Waals surface area contributed by atoms with E-state index in [0.29, 0.717) is 5.25 Å². The zero-order valence-electron chi connectivity index (χ0n) is 2.77. The Bertz CT molecular complexity index is 66.2. The smallest absolute Gasteiger partial charge is 0.0745 e. The first-order chi connectivity index (χ1) is 2.43. The Morgan fingerprint density at radius 2 is 2.60 bits per heavy atom. The standard InChI is InChI=1S/C4H4S/c1-2-4-3-5-4/h1,4H,3H2/t4-/m1/s1. The number of rotatable bonds is 0. The van der Waals surface area contributed by atoms with Crippen molar-refractivity contribution in [2.45, 2.75) is 5.25 Å². The lowest BCUT2D eigenvalue weighted by atomic mass is 10.5. The highest BCUT2D eigenvalue weighted by atomic mass is 32.2. The Hall–Kier alpha value is -0.0900. The number of terminal acetylenes is 1. The van der Waals surface area contributed by atoms with Crippen molar-refractivity contribution >= 4 is 11.8 Å². The van der Waals surface area contributed by atoms with Crippen molar-refractivity contribution in [2.75, 3.05) is 5.75 Å². The molecular formula is C4H4S. The Morgan fingerprint density at radius 1 is 2.00 bits per heavy atom. The van der Waals surface area contributed by atoms with Gasteiger partial charge in [0, 0.05) is 5.75 Å². The lowest BCUT2D eigenvalue weighted by molar-refractivity contribution is 1.49. The molecule has 0 aromatic rings. The average molecular weight is 84.1 g/mol. The largest absolute Gasteiger partial charge is 0.142 e. The summed E-state index contributed by atoms with van der Waals surface area (Å²) in [7, 11) is 0. The number of thioether (sulfide) groups is 1. The van der Waals surface area contributed by atoms with E-state index in [0.717, 1.165) is 0 Å². The van der Waals surface area contributed by atoms with Crippen LogP contribution in [0.3, 0.4) is 0 Å². The summed E-state index contributed by atoms with van der Waals surface area (Å²) in [6.07, 6.45) is 4.96. The topological polar surface area (TPSA) is 0 Å². The average Bonchev–Trinajstić information content (AvgIpc) is 2.12. The Labute approximate surface area is 36.0 Å². The lowest BCUT2D eigenvalue weighted by Crippen LogP contribution is -1.65. The third-order valence-electron chi connectivity index (χ3n) is 0.519. The zero-order valence-corrected chi connectivity index (χ0v) is 3.59. The molecule has 1 saturated heterocycles. The van der Waals surface area contributed by atoms with Crippen LogP contribution in [-0.2, 0) is 0 Å². The third kappa shape index (κ3) is 0.592. The van der Waals surface area contributed by atoms with Gasteiger partial charge in [0.2, 0.25) is 0 Å². The van der Waals surface area contributed by atoms with Crippen LogP contribution in [0.1, 0.15) is 0 Å². The molecular weight excluding hydrogens is 80.1 g/mol. The van der Waals surface area contributed by atoms with Gasteiger partial charge >= 0.3 is 0 Å². The van der Waals surface area contributed by atoms with E-state index < -0.39 is 0 Å². The molecule has 1 heterocycles. The summed E-state index contributed by atoms with van der Waals surface area (Å²) in [6.45, 7) is 0. The van der Waals surface area contributed by atoms with E-state index in [9.17, 15) is 0 Å². The fraction of sp³-hybridized carbons (Fsp3) is 0.500. The highest BCUT2D eigenvalue weighted by Gasteiger charge is 2.17. The van der Waals surface area contributed by atoms with E-state index in [1.165, 1.54) is 5.75 Å². The highest BCUT2D eigenvalue weighted by Crippen LogP contribution is 2.28. The zero-order chi connectivity index (χ0) is 3.70. The first kappa shape index (κ1) is 3.11. The molecule has 1 fully saturated rings. The maximum Gasteiger partial charge on any atom is 0.0745 e. The molecule has 1 atom stereocenters. The summed E-state index contributed by atoms with van der Waals surface area (Å²) in [5.74, 6) is 3.79. The van der Waals surface area contributed by atoms with Gasteiger partial charge in [0.25, 0.3) is 0 Å². The van der Waals surface area contributed by atoms with Crippen molar-refractivity contribution < 1.29 is 0 Å². The van der Waals surface area contributed by atoms with Gasteiger partial charge in [-0.15, -0.1) is 18.2 Å². The van der Waals surface area contributed by atoms with Gasteiger partial charge in [-0.05, 0) is 0 Å². The molecule has 0 nitrogen and oxygen atoms in total. The van der Waals surface area contributed by atoms with Gasteiger partial charge in [-0.2, -0.15) is 0 Å². The van der Waals surface area contributed by atoms with Crippen molar-refractivity contribution in [3.05, 3.63) is 0 Å². The van der Waals surface area contributed by atoms with Gasteiger partial charge < -0.3 is 0 Å². The minimum absolute atomic E-state index is 0.579. The monoisotopic (exact) mass is 84.0 g/mol. The van der Waals surface area contributed by atoms with Crippen molar-refractivity contribution in [2.24, 2.45) is 0 Å². The van der Waals surface area contributed by atoms with Crippen molar-refractivity contribution in [3.63, 3.8) is 0 Å². The normalized spacial score (nSPS) is 32.2. The molecule has 0 aromatic carbocycles. The molecule has 0 saturated carbocycles. The lowest BCUT2D eigenvalue weighted by Gasteiger charge is -1.55. The van der Waals surface area contributed by atoms with Gasteiger partial charge in [0.05, 0.1) is 5.25 Å². The minimum atomic E-state index is 0.579. The molecule has 1 heteroatoms. The molecule has 0 aromatic heterocycles. The number of hydrogen-bond donors (Lipinski definition) is 0. The first-order valence-electron chi connectivity index (χ1n) is 1.51. The van der Waals surface area contributed by atoms with Crippen LogP contribution in [0.25, 0.3) is 0 Å². The molecule has 0 aliphatic carbocycles. The van der Waals surface area contributed by atoms with E-state index >= 15 is 0 Å². The van der Waals surface area contributed by atoms with E-state index in [4.69, 9.17) is 6.42 Å². The Kier molecular flexibility index (Phi) is 0.590. The summed E-state index contributed by atoms with van der Waals surface area (Å²) in [6, 6.07) is 0. The number of hydrogen-bond acceptors (Lipinski definition) is 1. The van der Waals surface area contributed by atoms with Gasteiger partial charge in [0.15, 0.2) is 0 Å². The van der Waals surface area contributed by atoms with Gasteiger partial charge in [-0.1, -0.05) is 5.92 Å². The van der Waals surface area contributed by atoms with E-state index in [1.807, 2.05) is 11.8 Å². The first-order valence-corrected chi connectivity index (χ1v) is 2.56. The van der Waals surface area contributed by atoms with Crippen LogP contribution in [0.4, 0.5) is 0 Å². The van der Waals surface area contributed by atoms with E-state index in [-0.39, 0.29) is 0 Å². The second-order valence-corrected chi connectivity index (χ2v) is 2.22. The van der Waals surface area contributed by atoms with Crippen LogP contribution < -0.4 is 0 Å². The molecule has 0 N–H and O–H groups in total. The predicted octanol–water partition coefficient (Wildman–Crippen LogP) is 0.735. The molecule has 1 aliphatic rings. The van der Waals surface area contributed by atoms with Crippen molar-refractivity contribution in [3.8, 4) is 12.3 Å². The van der Waals surface area contributed by atoms with Crippen molar-refractivity contribution in [1.82, 2.24) is 0 Å². The summed E-state index contributed by atoms with van der Waals surface area (Å²) >= 11 is 1.83. The molecule has 0 radical (unpaired) electrons. The van der Waals surface area contributed by atoms with Crippen LogP contribution in [0, 0.1) is 12.3 Å². The van der Waals surface area contributed by atoms with Crippen LogP contribution in [0.5, 0.6) is 0 Å². The molecule has 1 aliphatic heterocycles. The van der Waals surface area contributed by atoms with Crippen LogP contribution in [0.2, 0.25) is 0 Å². The second kappa shape index (κ2) is 0.948. The Morgan fingerprint density at radius 3 is 2.60 bits per heavy atom. The van der Waals surface area contributed by atoms with Gasteiger partial charge in [-0.3, -0.25) is 0 Å². The summed E-state index contributed by atoms with van der Waals surface area (Å²) in [4.78, 5) is 0. The fourth-order valence-electron chi connectivity index (χ4n) is 0.144. The molecule has 1 rings (SSSR count). The molecule has 0 amide bonds. The van der Waals surface area contributed by atoms with Crippen molar-refractivity contribution in [1.29, 1.82) is 0 Å². The fourth-order valence-corrected chi connectivity index (χ4v) is 0.433. The van der Waals surface area contributed by atoms with Crippen LogP contribution in [-0.4, -0.2) is 11.0 Å².